The van der Waals surface area contributed by atoms with E-state index in [0.717, 1.165) is 47.7 Å². The zero-order valence-corrected chi connectivity index (χ0v) is 31.8. The first-order valence-corrected chi connectivity index (χ1v) is 20.0. The number of carbonyl (C=O) groups excluding carboxylic acids is 3. The van der Waals surface area contributed by atoms with E-state index in [1.54, 1.807) is 39.9 Å². The van der Waals surface area contributed by atoms with Gasteiger partial charge in [-0.05, 0) is 87.8 Å². The Hall–Kier alpha value is -5.57. The molecular formula is C42H46F2N8O5. The lowest BCUT2D eigenvalue weighted by Crippen LogP contribution is -2.49. The minimum absolute atomic E-state index is 0.0441. The number of methoxy groups -OCH3 is 1. The number of nitrogens with zero attached hydrogens (tertiary/aromatic N) is 6. The number of benzene rings is 2. The summed E-state index contributed by atoms with van der Waals surface area (Å²) in [6, 6.07) is 14.4. The fraction of sp³-hybridized carbons (Fsp3) is 0.452. The minimum Gasteiger partial charge on any atom is -0.496 e. The largest absolute Gasteiger partial charge is 0.496 e. The van der Waals surface area contributed by atoms with Crippen molar-refractivity contribution >= 4 is 51.0 Å². The van der Waals surface area contributed by atoms with Gasteiger partial charge in [0, 0.05) is 79.5 Å². The molecule has 298 valence electrons. The quantitative estimate of drug-likeness (QED) is 0.158. The first-order valence-electron chi connectivity index (χ1n) is 20.0. The van der Waals surface area contributed by atoms with Crippen molar-refractivity contribution in [2.24, 2.45) is 5.92 Å². The summed E-state index contributed by atoms with van der Waals surface area (Å²) in [5.74, 6) is -3.95. The van der Waals surface area contributed by atoms with Crippen molar-refractivity contribution in [1.29, 1.82) is 0 Å². The van der Waals surface area contributed by atoms with E-state index in [1.807, 2.05) is 46.2 Å². The van der Waals surface area contributed by atoms with E-state index in [9.17, 15) is 19.2 Å². The third kappa shape index (κ3) is 7.17. The van der Waals surface area contributed by atoms with Gasteiger partial charge in [0.15, 0.2) is 0 Å². The molecule has 2 N–H and O–H groups in total. The van der Waals surface area contributed by atoms with Crippen LogP contribution in [0.25, 0.3) is 21.8 Å². The molecule has 3 aromatic heterocycles. The predicted molar refractivity (Wildman–Crippen MR) is 211 cm³/mol. The molecule has 2 saturated carbocycles. The zero-order chi connectivity index (χ0) is 39.4. The number of pyridine rings is 1. The summed E-state index contributed by atoms with van der Waals surface area (Å²) >= 11 is 0. The first kappa shape index (κ1) is 37.0. The highest BCUT2D eigenvalue weighted by Gasteiger charge is 2.43. The van der Waals surface area contributed by atoms with Gasteiger partial charge in [0.25, 0.3) is 17.4 Å². The Morgan fingerprint density at radius 3 is 2.39 bits per heavy atom. The van der Waals surface area contributed by atoms with Gasteiger partial charge in [-0.1, -0.05) is 6.07 Å². The molecule has 2 aliphatic carbocycles. The number of likely N-dealkylation sites (tertiary alicyclic amines) is 1. The number of anilines is 2. The van der Waals surface area contributed by atoms with Crippen LogP contribution in [0.3, 0.4) is 0 Å². The van der Waals surface area contributed by atoms with Crippen LogP contribution in [0.5, 0.6) is 5.75 Å². The van der Waals surface area contributed by atoms with E-state index >= 15 is 8.78 Å². The van der Waals surface area contributed by atoms with Gasteiger partial charge in [-0.25, -0.2) is 13.6 Å². The fourth-order valence-electron chi connectivity index (χ4n) is 9.11. The lowest BCUT2D eigenvalue weighted by molar-refractivity contribution is -0.120. The number of ether oxygens (including phenoxy) is 1. The van der Waals surface area contributed by atoms with Crippen LogP contribution in [0.15, 0.2) is 71.9 Å². The minimum atomic E-state index is -2.83. The van der Waals surface area contributed by atoms with Crippen LogP contribution in [0.1, 0.15) is 86.3 Å². The van der Waals surface area contributed by atoms with Crippen LogP contribution in [-0.4, -0.2) is 80.9 Å². The van der Waals surface area contributed by atoms with Crippen LogP contribution in [0, 0.1) is 5.92 Å². The van der Waals surface area contributed by atoms with Crippen LogP contribution in [-0.2, 0) is 4.79 Å². The number of halogens is 2. The third-order valence-electron chi connectivity index (χ3n) is 12.4. The van der Waals surface area contributed by atoms with Gasteiger partial charge >= 0.3 is 6.03 Å². The normalized spacial score (nSPS) is 21.3. The number of piperidine rings is 1. The molecule has 0 radical (unpaired) electrons. The number of urea groups is 1. The Labute approximate surface area is 327 Å². The number of rotatable bonds is 10. The average molecular weight is 781 g/mol. The maximum atomic E-state index is 15.9. The van der Waals surface area contributed by atoms with E-state index in [-0.39, 0.29) is 53.8 Å². The molecular weight excluding hydrogens is 735 g/mol. The Kier molecular flexibility index (Phi) is 9.58. The molecule has 4 aliphatic rings. The van der Waals surface area contributed by atoms with Crippen molar-refractivity contribution in [3.63, 3.8) is 0 Å². The molecule has 4 amide bonds. The Balaban J connectivity index is 0.806. The third-order valence-corrected chi connectivity index (χ3v) is 12.4. The molecule has 15 heteroatoms. The molecule has 0 spiro atoms. The van der Waals surface area contributed by atoms with Crippen molar-refractivity contribution in [3.05, 3.63) is 83.0 Å². The van der Waals surface area contributed by atoms with Gasteiger partial charge in [-0.15, -0.1) is 0 Å². The van der Waals surface area contributed by atoms with E-state index in [0.29, 0.717) is 56.6 Å². The summed E-state index contributed by atoms with van der Waals surface area (Å²) in [5, 5.41) is 11.6. The lowest BCUT2D eigenvalue weighted by Gasteiger charge is -2.39. The molecule has 4 fully saturated rings. The maximum Gasteiger partial charge on any atom is 0.328 e. The number of carbonyl (C=O) groups is 3. The SMILES string of the molecule is COc1cc2nn(C3CCC(C(F)(F)CN4CCC(n5ccc6c(N7CCC(=O)NC7=O)cccc65)CC4)CC3)cc2cc1C(=O)Nc1cccn(C2CC2)c1=O. The molecule has 57 heavy (non-hydrogen) atoms. The monoisotopic (exact) mass is 780 g/mol. The molecule has 13 nitrogen and oxygen atoms in total. The number of fused-ring (bicyclic) bond motifs is 2. The number of nitrogens with one attached hydrogen (secondary N) is 2. The van der Waals surface area contributed by atoms with Crippen molar-refractivity contribution < 1.29 is 27.9 Å². The highest BCUT2D eigenvalue weighted by Crippen LogP contribution is 2.42. The van der Waals surface area contributed by atoms with E-state index < -0.39 is 23.8 Å². The van der Waals surface area contributed by atoms with Gasteiger partial charge < -0.3 is 19.2 Å². The molecule has 2 aliphatic heterocycles. The summed E-state index contributed by atoms with van der Waals surface area (Å²) in [5.41, 5.74) is 2.61. The second kappa shape index (κ2) is 14.7. The maximum absolute atomic E-state index is 15.9. The smallest absolute Gasteiger partial charge is 0.328 e. The molecule has 2 aromatic carbocycles. The second-order valence-corrected chi connectivity index (χ2v) is 16.0. The second-order valence-electron chi connectivity index (χ2n) is 16.0. The van der Waals surface area contributed by atoms with Crippen molar-refractivity contribution in [3.8, 4) is 5.75 Å². The molecule has 5 heterocycles. The van der Waals surface area contributed by atoms with Crippen LogP contribution in [0.2, 0.25) is 0 Å². The standard InChI is InChI=1S/C42H46F2N8O5/c1-57-37-23-34-26(22-32(37)39(54)45-33-4-3-17-50(40(33)55)28-11-12-28)24-52(47-34)30-9-7-27(8-10-30)42(43,44)25-48-18-13-29(14-19-48)49-20-15-31-35(49)5-2-6-36(31)51-21-16-38(53)46-41(51)56/h2-6,15,17,20,22-24,27-30H,7-14,16,18-19,21,25H2,1H3,(H,45,54)(H,46,53,56). The highest BCUT2D eigenvalue weighted by molar-refractivity contribution is 6.10. The zero-order valence-electron chi connectivity index (χ0n) is 31.8. The lowest BCUT2D eigenvalue weighted by atomic mass is 9.81. The van der Waals surface area contributed by atoms with Crippen LogP contribution in [0.4, 0.5) is 25.0 Å². The number of alkyl halides is 2. The molecule has 9 rings (SSSR count). The topological polar surface area (TPSA) is 136 Å². The van der Waals surface area contributed by atoms with Gasteiger partial charge in [-0.3, -0.25) is 34.2 Å². The highest BCUT2D eigenvalue weighted by atomic mass is 19.3. The van der Waals surface area contributed by atoms with E-state index in [2.05, 4.69) is 15.2 Å². The molecule has 0 bridgehead atoms. The number of imide groups is 1. The summed E-state index contributed by atoms with van der Waals surface area (Å²) in [6.07, 6.45) is 11.2. The van der Waals surface area contributed by atoms with Gasteiger partial charge in [-0.2, -0.15) is 5.10 Å². The average Bonchev–Trinajstić information content (AvgIpc) is 3.82. The Morgan fingerprint density at radius 2 is 1.65 bits per heavy atom. The number of aromatic nitrogens is 4. The fourth-order valence-corrected chi connectivity index (χ4v) is 9.11. The Bertz CT molecular complexity index is 2420. The predicted octanol–water partition coefficient (Wildman–Crippen LogP) is 6.90. The Morgan fingerprint density at radius 1 is 0.895 bits per heavy atom. The molecule has 0 unspecified atom stereocenters. The van der Waals surface area contributed by atoms with E-state index in [1.165, 1.54) is 7.11 Å². The molecule has 0 atom stereocenters. The summed E-state index contributed by atoms with van der Waals surface area (Å²) < 4.78 is 43.0. The van der Waals surface area contributed by atoms with E-state index in [4.69, 9.17) is 9.84 Å². The van der Waals surface area contributed by atoms with Gasteiger partial charge in [0.2, 0.25) is 5.91 Å². The van der Waals surface area contributed by atoms with Gasteiger partial charge in [0.05, 0.1) is 42.0 Å². The number of hydrogen-bond acceptors (Lipinski definition) is 7. The number of amides is 4. The summed E-state index contributed by atoms with van der Waals surface area (Å²) in [4.78, 5) is 54.1. The van der Waals surface area contributed by atoms with Crippen LogP contribution >= 0.6 is 0 Å². The van der Waals surface area contributed by atoms with Gasteiger partial charge in [0.1, 0.15) is 11.4 Å². The first-order chi connectivity index (χ1) is 27.6. The van der Waals surface area contributed by atoms with Crippen LogP contribution < -0.4 is 25.8 Å². The van der Waals surface area contributed by atoms with Crippen molar-refractivity contribution in [2.45, 2.75) is 81.8 Å². The molecule has 2 saturated heterocycles. The number of hydrogen-bond donors (Lipinski definition) is 2. The summed E-state index contributed by atoms with van der Waals surface area (Å²) in [6.45, 7) is 1.20. The van der Waals surface area contributed by atoms with Crippen molar-refractivity contribution in [2.75, 3.05) is 43.5 Å². The van der Waals surface area contributed by atoms with Crippen molar-refractivity contribution in [1.82, 2.24) is 29.1 Å². The summed E-state index contributed by atoms with van der Waals surface area (Å²) in [7, 11) is 1.48. The molecule has 5 aromatic rings.